The lowest BCUT2D eigenvalue weighted by Gasteiger charge is -2.37. The molecule has 0 aliphatic carbocycles. The normalized spacial score (nSPS) is 20.6. The number of benzene rings is 2. The van der Waals surface area contributed by atoms with Gasteiger partial charge >= 0.3 is 0 Å². The quantitative estimate of drug-likeness (QED) is 0.786. The Kier molecular flexibility index (Phi) is 5.23. The highest BCUT2D eigenvalue weighted by Crippen LogP contribution is 2.41. The Bertz CT molecular complexity index is 1060. The minimum atomic E-state index is -3.76. The Morgan fingerprint density at radius 3 is 2.53 bits per heavy atom. The number of hydrogen-bond acceptors (Lipinski definition) is 5. The topological polar surface area (TPSA) is 84.9 Å². The summed E-state index contributed by atoms with van der Waals surface area (Å²) in [6.45, 7) is 4.53. The van der Waals surface area contributed by atoms with Crippen LogP contribution in [0.4, 0.5) is 5.69 Å². The monoisotopic (exact) mass is 430 g/mol. The second-order valence-electron chi connectivity index (χ2n) is 8.29. The molecule has 2 aliphatic rings. The molecule has 4 rings (SSSR count). The molecule has 0 unspecified atom stereocenters. The second-order valence-corrected chi connectivity index (χ2v) is 10.0. The molecule has 0 spiro atoms. The van der Waals surface area contributed by atoms with E-state index in [-0.39, 0.29) is 10.8 Å². The van der Waals surface area contributed by atoms with Crippen LogP contribution in [0.3, 0.4) is 0 Å². The summed E-state index contributed by atoms with van der Waals surface area (Å²) in [6, 6.07) is 11.4. The highest BCUT2D eigenvalue weighted by atomic mass is 32.2. The molecule has 1 saturated heterocycles. The van der Waals surface area contributed by atoms with E-state index in [1.54, 1.807) is 48.4 Å². The molecule has 8 heteroatoms. The van der Waals surface area contributed by atoms with Gasteiger partial charge in [-0.2, -0.15) is 0 Å². The van der Waals surface area contributed by atoms with Crippen LogP contribution >= 0.6 is 0 Å². The molecule has 0 bridgehead atoms. The van der Waals surface area contributed by atoms with Gasteiger partial charge in [-0.15, -0.1) is 0 Å². The van der Waals surface area contributed by atoms with Crippen LogP contribution in [0.15, 0.2) is 47.4 Å². The molecular weight excluding hydrogens is 404 g/mol. The molecule has 1 fully saturated rings. The van der Waals surface area contributed by atoms with Crippen molar-refractivity contribution in [2.24, 2.45) is 0 Å². The zero-order valence-electron chi connectivity index (χ0n) is 17.3. The average Bonchev–Trinajstić information content (AvgIpc) is 3.12. The lowest BCUT2D eigenvalue weighted by atomic mass is 9.90. The van der Waals surface area contributed by atoms with Crippen LogP contribution in [-0.4, -0.2) is 33.6 Å². The van der Waals surface area contributed by atoms with Crippen LogP contribution in [0.2, 0.25) is 0 Å². The smallest absolute Gasteiger partial charge is 0.241 e. The van der Waals surface area contributed by atoms with Crippen LogP contribution in [0.25, 0.3) is 0 Å². The van der Waals surface area contributed by atoms with Gasteiger partial charge in [-0.1, -0.05) is 6.07 Å². The number of methoxy groups -OCH3 is 1. The van der Waals surface area contributed by atoms with Crippen LogP contribution in [-0.2, 0) is 14.8 Å². The van der Waals surface area contributed by atoms with Crippen LogP contribution in [0, 0.1) is 0 Å². The highest BCUT2D eigenvalue weighted by molar-refractivity contribution is 7.89. The van der Waals surface area contributed by atoms with E-state index in [1.807, 2.05) is 19.9 Å². The van der Waals surface area contributed by atoms with E-state index in [4.69, 9.17) is 9.47 Å². The summed E-state index contributed by atoms with van der Waals surface area (Å²) < 4.78 is 40.3. The molecule has 1 atom stereocenters. The fourth-order valence-electron chi connectivity index (χ4n) is 4.05. The van der Waals surface area contributed by atoms with Gasteiger partial charge in [0.1, 0.15) is 17.1 Å². The maximum absolute atomic E-state index is 13.1. The number of fused-ring (bicyclic) bond motifs is 1. The SMILES string of the molecule is COc1ccc2c(c1)OC(C)(C)C[C@@H]2NS(=O)(=O)c1ccc(N2CCCC2=O)cc1. The van der Waals surface area contributed by atoms with E-state index in [9.17, 15) is 13.2 Å². The van der Waals surface area contributed by atoms with Gasteiger partial charge in [-0.05, 0) is 50.6 Å². The zero-order valence-corrected chi connectivity index (χ0v) is 18.2. The van der Waals surface area contributed by atoms with E-state index in [2.05, 4.69) is 4.72 Å². The third-order valence-electron chi connectivity index (χ3n) is 5.51. The van der Waals surface area contributed by atoms with E-state index >= 15 is 0 Å². The lowest BCUT2D eigenvalue weighted by molar-refractivity contribution is -0.117. The fourth-order valence-corrected chi connectivity index (χ4v) is 5.26. The Balaban J connectivity index is 1.59. The fraction of sp³-hybridized carbons (Fsp3) is 0.409. The predicted molar refractivity (Wildman–Crippen MR) is 113 cm³/mol. The first-order valence-electron chi connectivity index (χ1n) is 9.98. The average molecular weight is 431 g/mol. The molecule has 160 valence electrons. The first-order valence-corrected chi connectivity index (χ1v) is 11.5. The van der Waals surface area contributed by atoms with E-state index in [1.165, 1.54) is 0 Å². The Labute approximate surface area is 177 Å². The van der Waals surface area contributed by atoms with E-state index in [0.29, 0.717) is 30.9 Å². The third kappa shape index (κ3) is 4.02. The number of carbonyl (C=O) groups excluding carboxylic acids is 1. The molecule has 2 aromatic rings. The molecule has 1 N–H and O–H groups in total. The number of hydrogen-bond donors (Lipinski definition) is 1. The first-order chi connectivity index (χ1) is 14.2. The van der Waals surface area contributed by atoms with Crippen molar-refractivity contribution in [1.29, 1.82) is 0 Å². The van der Waals surface area contributed by atoms with Gasteiger partial charge in [-0.3, -0.25) is 4.79 Å². The standard InChI is InChI=1S/C22H26N2O5S/c1-22(2)14-19(18-11-8-16(28-3)13-20(18)29-22)23-30(26,27)17-9-6-15(7-10-17)24-12-4-5-21(24)25/h6-11,13,19,23H,4-5,12,14H2,1-3H3/t19-/m0/s1. The largest absolute Gasteiger partial charge is 0.497 e. The molecule has 0 aromatic heterocycles. The maximum atomic E-state index is 13.1. The first kappa shape index (κ1) is 20.7. The van der Waals surface area contributed by atoms with Gasteiger partial charge in [-0.25, -0.2) is 13.1 Å². The molecule has 2 aliphatic heterocycles. The summed E-state index contributed by atoms with van der Waals surface area (Å²) in [7, 11) is -2.18. The lowest BCUT2D eigenvalue weighted by Crippen LogP contribution is -2.41. The number of sulfonamides is 1. The second kappa shape index (κ2) is 7.59. The Hall–Kier alpha value is -2.58. The van der Waals surface area contributed by atoms with Crippen molar-refractivity contribution in [3.05, 3.63) is 48.0 Å². The number of anilines is 1. The van der Waals surface area contributed by atoms with Gasteiger partial charge in [0.15, 0.2) is 0 Å². The van der Waals surface area contributed by atoms with Crippen molar-refractivity contribution in [2.75, 3.05) is 18.6 Å². The van der Waals surface area contributed by atoms with Crippen LogP contribution in [0.5, 0.6) is 11.5 Å². The minimum Gasteiger partial charge on any atom is -0.497 e. The number of rotatable bonds is 5. The summed E-state index contributed by atoms with van der Waals surface area (Å²) in [4.78, 5) is 13.8. The van der Waals surface area contributed by atoms with Gasteiger partial charge in [0.2, 0.25) is 15.9 Å². The van der Waals surface area contributed by atoms with Crippen LogP contribution in [0.1, 0.15) is 44.7 Å². The van der Waals surface area contributed by atoms with Crippen molar-refractivity contribution >= 4 is 21.6 Å². The number of amides is 1. The molecule has 7 nitrogen and oxygen atoms in total. The Morgan fingerprint density at radius 1 is 1.17 bits per heavy atom. The molecular formula is C22H26N2O5S. The number of ether oxygens (including phenoxy) is 2. The van der Waals surface area contributed by atoms with Crippen molar-refractivity contribution in [1.82, 2.24) is 4.72 Å². The number of carbonyl (C=O) groups is 1. The van der Waals surface area contributed by atoms with Crippen molar-refractivity contribution in [3.63, 3.8) is 0 Å². The van der Waals surface area contributed by atoms with Crippen LogP contribution < -0.4 is 19.1 Å². The summed E-state index contributed by atoms with van der Waals surface area (Å²) in [5.41, 5.74) is 0.964. The summed E-state index contributed by atoms with van der Waals surface area (Å²) in [5, 5.41) is 0. The molecule has 0 saturated carbocycles. The zero-order chi connectivity index (χ0) is 21.5. The van der Waals surface area contributed by atoms with E-state index < -0.39 is 21.7 Å². The van der Waals surface area contributed by atoms with Gasteiger partial charge in [0.05, 0.1) is 18.0 Å². The summed E-state index contributed by atoms with van der Waals surface area (Å²) in [5.74, 6) is 1.33. The van der Waals surface area contributed by atoms with E-state index in [0.717, 1.165) is 17.7 Å². The Morgan fingerprint density at radius 2 is 1.90 bits per heavy atom. The highest BCUT2D eigenvalue weighted by Gasteiger charge is 2.36. The summed E-state index contributed by atoms with van der Waals surface area (Å²) in [6.07, 6.45) is 1.85. The third-order valence-corrected chi connectivity index (χ3v) is 7.00. The summed E-state index contributed by atoms with van der Waals surface area (Å²) >= 11 is 0. The minimum absolute atomic E-state index is 0.0696. The van der Waals surface area contributed by atoms with Crippen molar-refractivity contribution in [3.8, 4) is 11.5 Å². The predicted octanol–water partition coefficient (Wildman–Crippen LogP) is 3.40. The molecule has 30 heavy (non-hydrogen) atoms. The van der Waals surface area contributed by atoms with Crippen molar-refractivity contribution in [2.45, 2.75) is 49.6 Å². The van der Waals surface area contributed by atoms with Gasteiger partial charge in [0.25, 0.3) is 0 Å². The van der Waals surface area contributed by atoms with Gasteiger partial charge < -0.3 is 14.4 Å². The molecule has 2 heterocycles. The van der Waals surface area contributed by atoms with Gasteiger partial charge in [0, 0.05) is 36.7 Å². The maximum Gasteiger partial charge on any atom is 0.241 e. The number of nitrogens with zero attached hydrogens (tertiary/aromatic N) is 1. The molecule has 1 amide bonds. The molecule has 0 radical (unpaired) electrons. The number of nitrogens with one attached hydrogen (secondary N) is 1. The molecule has 2 aromatic carbocycles. The van der Waals surface area contributed by atoms with Crippen molar-refractivity contribution < 1.29 is 22.7 Å².